The Bertz CT molecular complexity index is 408. The summed E-state index contributed by atoms with van der Waals surface area (Å²) >= 11 is 0. The topological polar surface area (TPSA) is 20.3 Å². The van der Waals surface area contributed by atoms with E-state index >= 15 is 0 Å². The fourth-order valence-electron chi connectivity index (χ4n) is 3.09. The Labute approximate surface area is 110 Å². The molecular formula is C16H23NO. The number of aldehydes is 1. The zero-order valence-electron chi connectivity index (χ0n) is 11.5. The fourth-order valence-corrected chi connectivity index (χ4v) is 3.09. The highest BCUT2D eigenvalue weighted by atomic mass is 16.1. The van der Waals surface area contributed by atoms with Crippen LogP contribution in [0.5, 0.6) is 0 Å². The van der Waals surface area contributed by atoms with Gasteiger partial charge >= 0.3 is 0 Å². The first-order chi connectivity index (χ1) is 8.76. The summed E-state index contributed by atoms with van der Waals surface area (Å²) in [6.45, 7) is 5.38. The van der Waals surface area contributed by atoms with E-state index in [4.69, 9.17) is 0 Å². The first-order valence-corrected chi connectivity index (χ1v) is 7.08. The molecule has 0 heterocycles. The second-order valence-corrected chi connectivity index (χ2v) is 5.24. The van der Waals surface area contributed by atoms with Crippen molar-refractivity contribution in [1.29, 1.82) is 0 Å². The Morgan fingerprint density at radius 3 is 2.56 bits per heavy atom. The minimum atomic E-state index is 0.685. The van der Waals surface area contributed by atoms with Crippen LogP contribution in [0.2, 0.25) is 0 Å². The third-order valence-electron chi connectivity index (χ3n) is 4.02. The van der Waals surface area contributed by atoms with Crippen molar-refractivity contribution < 1.29 is 4.79 Å². The molecule has 0 aromatic heterocycles. The predicted octanol–water partition coefficient (Wildman–Crippen LogP) is 3.97. The van der Waals surface area contributed by atoms with Gasteiger partial charge in [-0.05, 0) is 50.5 Å². The third kappa shape index (κ3) is 2.74. The molecule has 0 bridgehead atoms. The largest absolute Gasteiger partial charge is 0.369 e. The Morgan fingerprint density at radius 1 is 1.28 bits per heavy atom. The fraction of sp³-hybridized carbons (Fsp3) is 0.562. The van der Waals surface area contributed by atoms with Crippen LogP contribution in [0.4, 0.5) is 5.69 Å². The molecule has 0 atom stereocenters. The first kappa shape index (κ1) is 13.1. The zero-order valence-corrected chi connectivity index (χ0v) is 11.5. The molecule has 2 nitrogen and oxygen atoms in total. The van der Waals surface area contributed by atoms with Gasteiger partial charge in [-0.2, -0.15) is 0 Å². The number of carbonyl (C=O) groups is 1. The molecular weight excluding hydrogens is 222 g/mol. The van der Waals surface area contributed by atoms with Crippen LogP contribution in [0, 0.1) is 6.92 Å². The van der Waals surface area contributed by atoms with Gasteiger partial charge in [-0.25, -0.2) is 0 Å². The summed E-state index contributed by atoms with van der Waals surface area (Å²) in [7, 11) is 0. The van der Waals surface area contributed by atoms with Gasteiger partial charge in [-0.1, -0.05) is 19.3 Å². The van der Waals surface area contributed by atoms with E-state index in [1.54, 1.807) is 0 Å². The van der Waals surface area contributed by atoms with E-state index in [0.717, 1.165) is 18.4 Å². The first-order valence-electron chi connectivity index (χ1n) is 7.08. The van der Waals surface area contributed by atoms with Crippen molar-refractivity contribution in [3.8, 4) is 0 Å². The number of hydrogen-bond donors (Lipinski definition) is 0. The molecule has 0 N–H and O–H groups in total. The van der Waals surface area contributed by atoms with E-state index in [9.17, 15) is 4.79 Å². The third-order valence-corrected chi connectivity index (χ3v) is 4.02. The Hall–Kier alpha value is -1.31. The van der Waals surface area contributed by atoms with Gasteiger partial charge in [0.25, 0.3) is 0 Å². The van der Waals surface area contributed by atoms with Gasteiger partial charge in [-0.15, -0.1) is 0 Å². The quantitative estimate of drug-likeness (QED) is 0.748. The molecule has 1 fully saturated rings. The maximum absolute atomic E-state index is 10.8. The van der Waals surface area contributed by atoms with Gasteiger partial charge < -0.3 is 4.90 Å². The lowest BCUT2D eigenvalue weighted by Crippen LogP contribution is -2.37. The van der Waals surface area contributed by atoms with E-state index in [2.05, 4.69) is 24.8 Å². The molecule has 18 heavy (non-hydrogen) atoms. The van der Waals surface area contributed by atoms with Crippen LogP contribution in [0.1, 0.15) is 54.9 Å². The maximum atomic E-state index is 10.8. The lowest BCUT2D eigenvalue weighted by Gasteiger charge is -2.36. The lowest BCUT2D eigenvalue weighted by molar-refractivity contribution is 0.112. The summed E-state index contributed by atoms with van der Waals surface area (Å²) in [4.78, 5) is 13.3. The van der Waals surface area contributed by atoms with Crippen molar-refractivity contribution in [2.24, 2.45) is 0 Å². The standard InChI is InChI=1S/C16H23NO/c1-3-17(15-7-5-4-6-8-15)16-10-9-14(12-18)11-13(16)2/h9-12,15H,3-8H2,1-2H3. The average molecular weight is 245 g/mol. The van der Waals surface area contributed by atoms with Crippen LogP contribution in [0.15, 0.2) is 18.2 Å². The number of carbonyl (C=O) groups excluding carboxylic acids is 1. The van der Waals surface area contributed by atoms with E-state index < -0.39 is 0 Å². The molecule has 2 heteroatoms. The minimum absolute atomic E-state index is 0.685. The SMILES string of the molecule is CCN(c1ccc(C=O)cc1C)C1CCCCC1. The minimum Gasteiger partial charge on any atom is -0.369 e. The summed E-state index contributed by atoms with van der Waals surface area (Å²) in [5, 5.41) is 0. The van der Waals surface area contributed by atoms with Gasteiger partial charge in [0.15, 0.2) is 0 Å². The zero-order chi connectivity index (χ0) is 13.0. The number of rotatable bonds is 4. The Morgan fingerprint density at radius 2 is 2.00 bits per heavy atom. The van der Waals surface area contributed by atoms with E-state index in [1.165, 1.54) is 43.4 Å². The van der Waals surface area contributed by atoms with E-state index in [0.29, 0.717) is 6.04 Å². The van der Waals surface area contributed by atoms with Gasteiger partial charge in [-0.3, -0.25) is 4.79 Å². The Balaban J connectivity index is 2.23. The summed E-state index contributed by atoms with van der Waals surface area (Å²) in [5.74, 6) is 0. The molecule has 2 rings (SSSR count). The molecule has 1 aliphatic carbocycles. The van der Waals surface area contributed by atoms with Crippen LogP contribution in [-0.2, 0) is 0 Å². The van der Waals surface area contributed by atoms with Crippen molar-refractivity contribution >= 4 is 12.0 Å². The molecule has 1 aliphatic rings. The molecule has 0 saturated heterocycles. The second kappa shape index (κ2) is 6.03. The van der Waals surface area contributed by atoms with Crippen molar-refractivity contribution in [3.05, 3.63) is 29.3 Å². The molecule has 1 saturated carbocycles. The average Bonchev–Trinajstić information content (AvgIpc) is 2.42. The molecule has 0 amide bonds. The number of benzene rings is 1. The molecule has 0 aliphatic heterocycles. The molecule has 0 spiro atoms. The molecule has 1 aromatic rings. The summed E-state index contributed by atoms with van der Waals surface area (Å²) in [6.07, 6.45) is 7.63. The van der Waals surface area contributed by atoms with Gasteiger partial charge in [0, 0.05) is 23.8 Å². The highest BCUT2D eigenvalue weighted by molar-refractivity contribution is 5.77. The van der Waals surface area contributed by atoms with Crippen LogP contribution in [0.25, 0.3) is 0 Å². The molecule has 1 aromatic carbocycles. The number of anilines is 1. The second-order valence-electron chi connectivity index (χ2n) is 5.24. The van der Waals surface area contributed by atoms with Crippen LogP contribution >= 0.6 is 0 Å². The monoisotopic (exact) mass is 245 g/mol. The predicted molar refractivity (Wildman–Crippen MR) is 76.5 cm³/mol. The van der Waals surface area contributed by atoms with E-state index in [-0.39, 0.29) is 0 Å². The lowest BCUT2D eigenvalue weighted by atomic mass is 9.93. The number of aryl methyl sites for hydroxylation is 1. The van der Waals surface area contributed by atoms with Gasteiger partial charge in [0.2, 0.25) is 0 Å². The highest BCUT2D eigenvalue weighted by Gasteiger charge is 2.21. The van der Waals surface area contributed by atoms with Crippen LogP contribution in [-0.4, -0.2) is 18.9 Å². The summed E-state index contributed by atoms with van der Waals surface area (Å²) in [5.41, 5.74) is 3.29. The van der Waals surface area contributed by atoms with Crippen molar-refractivity contribution in [2.75, 3.05) is 11.4 Å². The van der Waals surface area contributed by atoms with Crippen LogP contribution < -0.4 is 4.90 Å². The van der Waals surface area contributed by atoms with E-state index in [1.807, 2.05) is 12.1 Å². The maximum Gasteiger partial charge on any atom is 0.150 e. The van der Waals surface area contributed by atoms with Crippen molar-refractivity contribution in [2.45, 2.75) is 52.0 Å². The van der Waals surface area contributed by atoms with Crippen molar-refractivity contribution in [3.63, 3.8) is 0 Å². The normalized spacial score (nSPS) is 16.6. The number of nitrogens with zero attached hydrogens (tertiary/aromatic N) is 1. The van der Waals surface area contributed by atoms with Crippen LogP contribution in [0.3, 0.4) is 0 Å². The van der Waals surface area contributed by atoms with Crippen molar-refractivity contribution in [1.82, 2.24) is 0 Å². The van der Waals surface area contributed by atoms with Gasteiger partial charge in [0.05, 0.1) is 0 Å². The molecule has 0 unspecified atom stereocenters. The number of hydrogen-bond acceptors (Lipinski definition) is 2. The smallest absolute Gasteiger partial charge is 0.150 e. The molecule has 0 radical (unpaired) electrons. The van der Waals surface area contributed by atoms with Gasteiger partial charge in [0.1, 0.15) is 6.29 Å². The Kier molecular flexibility index (Phi) is 4.40. The summed E-state index contributed by atoms with van der Waals surface area (Å²) in [6, 6.07) is 6.72. The highest BCUT2D eigenvalue weighted by Crippen LogP contribution is 2.29. The molecule has 98 valence electrons. The summed E-state index contributed by atoms with van der Waals surface area (Å²) < 4.78 is 0.